The van der Waals surface area contributed by atoms with Gasteiger partial charge in [0.05, 0.1) is 6.33 Å². The average molecular weight is 292 g/mol. The third-order valence-electron chi connectivity index (χ3n) is 3.98. The maximum absolute atomic E-state index is 10.2. The predicted octanol–water partition coefficient (Wildman–Crippen LogP) is -1.66. The Hall–Kier alpha value is -1.81. The number of nitrogens with two attached hydrogens (primary N) is 1. The molecule has 9 nitrogen and oxygen atoms in total. The molecule has 21 heavy (non-hydrogen) atoms. The summed E-state index contributed by atoms with van der Waals surface area (Å²) in [4.78, 5) is 14.3. The van der Waals surface area contributed by atoms with Crippen LogP contribution in [0.15, 0.2) is 12.7 Å². The number of aliphatic hydroxyl groups excluding tert-OH is 2. The van der Waals surface area contributed by atoms with Gasteiger partial charge in [-0.15, -0.1) is 0 Å². The molecule has 112 valence electrons. The second kappa shape index (κ2) is 4.60. The Morgan fingerprint density at radius 1 is 1.24 bits per heavy atom. The molecule has 2 saturated heterocycles. The Bertz CT molecular complexity index is 672. The number of rotatable bonds is 3. The highest BCUT2D eigenvalue weighted by atomic mass is 16.6. The lowest BCUT2D eigenvalue weighted by Gasteiger charge is -2.16. The van der Waals surface area contributed by atoms with Gasteiger partial charge in [-0.2, -0.15) is 0 Å². The van der Waals surface area contributed by atoms with Gasteiger partial charge < -0.3 is 20.7 Å². The Kier molecular flexibility index (Phi) is 2.82. The summed E-state index contributed by atoms with van der Waals surface area (Å²) in [5.74, 6) is 0.271. The largest absolute Gasteiger partial charge is 0.387 e. The molecule has 0 saturated carbocycles. The van der Waals surface area contributed by atoms with Crippen LogP contribution in [0.2, 0.25) is 0 Å². The van der Waals surface area contributed by atoms with Gasteiger partial charge in [0.1, 0.15) is 30.2 Å². The zero-order chi connectivity index (χ0) is 14.6. The molecule has 2 aliphatic heterocycles. The van der Waals surface area contributed by atoms with Crippen LogP contribution in [0.1, 0.15) is 6.23 Å². The van der Waals surface area contributed by atoms with Crippen molar-refractivity contribution in [2.45, 2.75) is 24.5 Å². The Labute approximate surface area is 120 Å². The highest BCUT2D eigenvalue weighted by Gasteiger charge is 2.45. The van der Waals surface area contributed by atoms with E-state index in [-0.39, 0.29) is 5.82 Å². The molecule has 9 heteroatoms. The van der Waals surface area contributed by atoms with E-state index in [1.54, 1.807) is 4.57 Å². The first kappa shape index (κ1) is 12.9. The summed E-state index contributed by atoms with van der Waals surface area (Å²) in [5, 5.41) is 20.4. The van der Waals surface area contributed by atoms with Crippen LogP contribution in [0, 0.1) is 0 Å². The van der Waals surface area contributed by atoms with Gasteiger partial charge >= 0.3 is 0 Å². The number of ether oxygens (including phenoxy) is 1. The fourth-order valence-corrected chi connectivity index (χ4v) is 2.67. The number of nitrogen functional groups attached to an aromatic ring is 1. The van der Waals surface area contributed by atoms with Gasteiger partial charge in [-0.05, 0) is 0 Å². The average Bonchev–Trinajstić information content (AvgIpc) is 3.12. The van der Waals surface area contributed by atoms with Crippen molar-refractivity contribution in [3.05, 3.63) is 12.7 Å². The minimum atomic E-state index is -1.04. The van der Waals surface area contributed by atoms with Gasteiger partial charge in [-0.1, -0.05) is 0 Å². The summed E-state index contributed by atoms with van der Waals surface area (Å²) in [5.41, 5.74) is 6.68. The van der Waals surface area contributed by atoms with Gasteiger partial charge in [0.2, 0.25) is 0 Å². The first-order chi connectivity index (χ1) is 10.1. The van der Waals surface area contributed by atoms with Gasteiger partial charge in [-0.25, -0.2) is 15.0 Å². The van der Waals surface area contributed by atoms with Crippen LogP contribution in [0.3, 0.4) is 0 Å². The van der Waals surface area contributed by atoms with E-state index >= 15 is 0 Å². The topological polar surface area (TPSA) is 122 Å². The molecule has 2 aromatic rings. The van der Waals surface area contributed by atoms with Gasteiger partial charge in [-0.3, -0.25) is 9.47 Å². The molecule has 4 heterocycles. The molecular weight excluding hydrogens is 276 g/mol. The second-order valence-electron chi connectivity index (χ2n) is 5.43. The van der Waals surface area contributed by atoms with E-state index in [9.17, 15) is 10.2 Å². The second-order valence-corrected chi connectivity index (χ2v) is 5.43. The Morgan fingerprint density at radius 3 is 2.81 bits per heavy atom. The number of imidazole rings is 1. The van der Waals surface area contributed by atoms with Crippen LogP contribution in [-0.2, 0) is 4.74 Å². The Morgan fingerprint density at radius 2 is 2.05 bits per heavy atom. The standard InChI is InChI=1S/C12H16N6O3/c13-10-7-11(15-4-14-10)18(5-16-7)12-9(20)8(19)6(21-12)3-17-1-2-17/h4-6,8-9,12,19-20H,1-3H2,(H2,13,14,15)/t6-,8?,9?,12-/m1/s1. The maximum Gasteiger partial charge on any atom is 0.167 e. The Balaban J connectivity index is 1.66. The number of aromatic nitrogens is 4. The van der Waals surface area contributed by atoms with Crippen LogP contribution in [0.4, 0.5) is 5.82 Å². The molecule has 2 unspecified atom stereocenters. The summed E-state index contributed by atoms with van der Waals surface area (Å²) in [6, 6.07) is 0. The predicted molar refractivity (Wildman–Crippen MR) is 72.1 cm³/mol. The molecule has 0 amide bonds. The molecule has 4 N–H and O–H groups in total. The molecule has 0 aliphatic carbocycles. The third-order valence-corrected chi connectivity index (χ3v) is 3.98. The van der Waals surface area contributed by atoms with Gasteiger partial charge in [0, 0.05) is 19.6 Å². The van der Waals surface area contributed by atoms with Crippen molar-refractivity contribution in [3.63, 3.8) is 0 Å². The van der Waals surface area contributed by atoms with Crippen LogP contribution < -0.4 is 5.73 Å². The van der Waals surface area contributed by atoms with Crippen molar-refractivity contribution in [1.29, 1.82) is 0 Å². The lowest BCUT2D eigenvalue weighted by atomic mass is 10.1. The van der Waals surface area contributed by atoms with Crippen LogP contribution in [-0.4, -0.2) is 72.6 Å². The fourth-order valence-electron chi connectivity index (χ4n) is 2.67. The molecule has 0 radical (unpaired) electrons. The lowest BCUT2D eigenvalue weighted by molar-refractivity contribution is -0.0375. The first-order valence-corrected chi connectivity index (χ1v) is 6.82. The van der Waals surface area contributed by atoms with E-state index in [4.69, 9.17) is 10.5 Å². The molecule has 2 aromatic heterocycles. The van der Waals surface area contributed by atoms with E-state index in [2.05, 4.69) is 19.9 Å². The van der Waals surface area contributed by atoms with E-state index in [1.807, 2.05) is 0 Å². The quantitative estimate of drug-likeness (QED) is 0.575. The maximum atomic E-state index is 10.2. The van der Waals surface area contributed by atoms with Crippen molar-refractivity contribution in [2.75, 3.05) is 25.4 Å². The van der Waals surface area contributed by atoms with Gasteiger partial charge in [0.15, 0.2) is 17.7 Å². The summed E-state index contributed by atoms with van der Waals surface area (Å²) >= 11 is 0. The van der Waals surface area contributed by atoms with Crippen LogP contribution >= 0.6 is 0 Å². The number of aliphatic hydroxyl groups is 2. The van der Waals surface area contributed by atoms with Crippen molar-refractivity contribution in [2.24, 2.45) is 0 Å². The van der Waals surface area contributed by atoms with E-state index in [0.717, 1.165) is 13.1 Å². The van der Waals surface area contributed by atoms with E-state index in [0.29, 0.717) is 17.7 Å². The van der Waals surface area contributed by atoms with E-state index < -0.39 is 24.5 Å². The molecule has 2 fully saturated rings. The SMILES string of the molecule is Nc1ncnc2c1ncn2[C@@H]1O[C@H](CN2CC2)C(O)C1O. The summed E-state index contributed by atoms with van der Waals surface area (Å²) in [6.07, 6.45) is -0.305. The monoisotopic (exact) mass is 292 g/mol. The number of anilines is 1. The molecule has 4 rings (SSSR count). The van der Waals surface area contributed by atoms with Gasteiger partial charge in [0.25, 0.3) is 0 Å². The normalized spacial score (nSPS) is 32.9. The highest BCUT2D eigenvalue weighted by Crippen LogP contribution is 2.32. The molecule has 2 aliphatic rings. The zero-order valence-electron chi connectivity index (χ0n) is 11.2. The smallest absolute Gasteiger partial charge is 0.167 e. The molecule has 0 aromatic carbocycles. The lowest BCUT2D eigenvalue weighted by Crippen LogP contribution is -2.35. The van der Waals surface area contributed by atoms with Crippen molar-refractivity contribution < 1.29 is 14.9 Å². The number of hydrogen-bond acceptors (Lipinski definition) is 8. The first-order valence-electron chi connectivity index (χ1n) is 6.82. The molecule has 0 spiro atoms. The van der Waals surface area contributed by atoms with Crippen molar-refractivity contribution in [1.82, 2.24) is 24.4 Å². The summed E-state index contributed by atoms with van der Waals surface area (Å²) in [6.45, 7) is 2.62. The molecule has 4 atom stereocenters. The van der Waals surface area contributed by atoms with Crippen molar-refractivity contribution in [3.8, 4) is 0 Å². The molecule has 0 bridgehead atoms. The summed E-state index contributed by atoms with van der Waals surface area (Å²) in [7, 11) is 0. The fraction of sp³-hybridized carbons (Fsp3) is 0.583. The van der Waals surface area contributed by atoms with Crippen LogP contribution in [0.25, 0.3) is 11.2 Å². The number of fused-ring (bicyclic) bond motifs is 1. The minimum absolute atomic E-state index is 0.271. The highest BCUT2D eigenvalue weighted by molar-refractivity contribution is 5.81. The number of hydrogen-bond donors (Lipinski definition) is 3. The number of nitrogens with zero attached hydrogens (tertiary/aromatic N) is 5. The minimum Gasteiger partial charge on any atom is -0.387 e. The zero-order valence-corrected chi connectivity index (χ0v) is 11.2. The van der Waals surface area contributed by atoms with Crippen molar-refractivity contribution >= 4 is 17.0 Å². The molecular formula is C12H16N6O3. The third kappa shape index (κ3) is 2.05. The van der Waals surface area contributed by atoms with Crippen LogP contribution in [0.5, 0.6) is 0 Å². The van der Waals surface area contributed by atoms with E-state index in [1.165, 1.54) is 12.7 Å². The summed E-state index contributed by atoms with van der Waals surface area (Å²) < 4.78 is 7.40.